The summed E-state index contributed by atoms with van der Waals surface area (Å²) < 4.78 is 5.57. The van der Waals surface area contributed by atoms with E-state index < -0.39 is 5.60 Å². The number of carbonyl (C=O) groups excluding carboxylic acids is 1. The van der Waals surface area contributed by atoms with E-state index in [0.717, 1.165) is 25.7 Å². The first-order valence-corrected chi connectivity index (χ1v) is 13.7. The second kappa shape index (κ2) is 11.0. The van der Waals surface area contributed by atoms with E-state index in [2.05, 4.69) is 60.3 Å². The SMILES string of the molecule is C=C1CC[C@H](OC(=O)CBr)C/C1=C/C=C1\CCC[C@@]2(C)C1CC[C@@H]2[C@H](C)CC#CC(C)(C)O. The molecule has 33 heavy (non-hydrogen) atoms. The molecule has 0 aromatic rings. The molecule has 0 aromatic carbocycles. The first kappa shape index (κ1) is 26.3. The maximum atomic E-state index is 11.7. The normalized spacial score (nSPS) is 33.4. The van der Waals surface area contributed by atoms with Gasteiger partial charge in [-0.2, -0.15) is 0 Å². The van der Waals surface area contributed by atoms with Crippen LogP contribution in [-0.2, 0) is 9.53 Å². The Hall–Kier alpha value is -1.31. The molecule has 3 aliphatic carbocycles. The molecule has 0 aliphatic heterocycles. The molecule has 0 amide bonds. The lowest BCUT2D eigenvalue weighted by atomic mass is 9.61. The number of rotatable bonds is 5. The molecule has 3 rings (SSSR count). The van der Waals surface area contributed by atoms with Crippen molar-refractivity contribution < 1.29 is 14.6 Å². The number of hydrogen-bond acceptors (Lipinski definition) is 3. The van der Waals surface area contributed by atoms with Crippen molar-refractivity contribution in [1.82, 2.24) is 0 Å². The van der Waals surface area contributed by atoms with Crippen molar-refractivity contribution in [2.24, 2.45) is 23.2 Å². The second-order valence-electron chi connectivity index (χ2n) is 11.2. The van der Waals surface area contributed by atoms with Gasteiger partial charge in [-0.3, -0.25) is 4.79 Å². The van der Waals surface area contributed by atoms with Gasteiger partial charge >= 0.3 is 5.97 Å². The van der Waals surface area contributed by atoms with Gasteiger partial charge in [0.1, 0.15) is 17.0 Å². The largest absolute Gasteiger partial charge is 0.461 e. The van der Waals surface area contributed by atoms with E-state index in [1.165, 1.54) is 43.3 Å². The molecular formula is C29H41BrO3. The lowest BCUT2D eigenvalue weighted by molar-refractivity contribution is -0.146. The van der Waals surface area contributed by atoms with Crippen LogP contribution in [0.1, 0.15) is 85.5 Å². The Morgan fingerprint density at radius 3 is 2.79 bits per heavy atom. The number of allylic oxidation sites excluding steroid dienone is 4. The number of esters is 1. The molecule has 0 aromatic heterocycles. The van der Waals surface area contributed by atoms with Crippen molar-refractivity contribution in [2.75, 3.05) is 5.33 Å². The van der Waals surface area contributed by atoms with Gasteiger partial charge in [0.15, 0.2) is 0 Å². The Kier molecular flexibility index (Phi) is 8.73. The fraction of sp³-hybridized carbons (Fsp3) is 0.690. The van der Waals surface area contributed by atoms with Gasteiger partial charge in [0.05, 0.1) is 0 Å². The molecule has 0 bridgehead atoms. The van der Waals surface area contributed by atoms with E-state index in [-0.39, 0.29) is 17.4 Å². The average Bonchev–Trinajstić information content (AvgIpc) is 3.10. The standard InChI is InChI=1S/C29H41BrO3/c1-20-10-13-24(33-27(31)19-30)18-23(20)12-11-22-9-7-17-29(5)25(14-15-26(22)29)21(2)8-6-16-28(3,4)32/h11-12,21,24-26,32H,1,7-10,13-15,17-19H2,2-5H3/b22-11+,23-12-/t21-,24+,25-,26?,29-/m1/s1. The van der Waals surface area contributed by atoms with Crippen LogP contribution in [0.4, 0.5) is 0 Å². The molecule has 5 atom stereocenters. The van der Waals surface area contributed by atoms with E-state index in [0.29, 0.717) is 23.2 Å². The Morgan fingerprint density at radius 1 is 1.33 bits per heavy atom. The third-order valence-electron chi connectivity index (χ3n) is 8.12. The summed E-state index contributed by atoms with van der Waals surface area (Å²) in [6.07, 6.45) is 14.2. The Balaban J connectivity index is 1.72. The summed E-state index contributed by atoms with van der Waals surface area (Å²) in [5.74, 6) is 7.90. The molecule has 182 valence electrons. The predicted molar refractivity (Wildman–Crippen MR) is 139 cm³/mol. The van der Waals surface area contributed by atoms with Crippen LogP contribution >= 0.6 is 15.9 Å². The molecule has 1 N–H and O–H groups in total. The number of carbonyl (C=O) groups is 1. The van der Waals surface area contributed by atoms with Crippen molar-refractivity contribution in [2.45, 2.75) is 97.2 Å². The first-order chi connectivity index (χ1) is 15.5. The Morgan fingerprint density at radius 2 is 2.09 bits per heavy atom. The predicted octanol–water partition coefficient (Wildman–Crippen LogP) is 6.90. The van der Waals surface area contributed by atoms with Crippen LogP contribution in [0.2, 0.25) is 0 Å². The molecule has 3 aliphatic rings. The van der Waals surface area contributed by atoms with Gasteiger partial charge < -0.3 is 9.84 Å². The minimum Gasteiger partial charge on any atom is -0.461 e. The van der Waals surface area contributed by atoms with Crippen molar-refractivity contribution in [1.29, 1.82) is 0 Å². The smallest absolute Gasteiger partial charge is 0.316 e. The Bertz CT molecular complexity index is 866. The molecule has 0 saturated heterocycles. The summed E-state index contributed by atoms with van der Waals surface area (Å²) >= 11 is 3.18. The minimum absolute atomic E-state index is 0.0384. The van der Waals surface area contributed by atoms with Crippen LogP contribution in [0.5, 0.6) is 0 Å². The summed E-state index contributed by atoms with van der Waals surface area (Å²) in [6.45, 7) is 12.6. The van der Waals surface area contributed by atoms with Crippen LogP contribution in [0, 0.1) is 35.0 Å². The number of alkyl halides is 1. The topological polar surface area (TPSA) is 46.5 Å². The third-order valence-corrected chi connectivity index (χ3v) is 8.58. The fourth-order valence-corrected chi connectivity index (χ4v) is 6.62. The van der Waals surface area contributed by atoms with Crippen molar-refractivity contribution in [3.63, 3.8) is 0 Å². The third kappa shape index (κ3) is 6.64. The van der Waals surface area contributed by atoms with Gasteiger partial charge in [0.25, 0.3) is 0 Å². The molecule has 0 radical (unpaired) electrons. The molecule has 1 unspecified atom stereocenters. The zero-order valence-corrected chi connectivity index (χ0v) is 22.5. The summed E-state index contributed by atoms with van der Waals surface area (Å²) in [5.41, 5.74) is 3.42. The van der Waals surface area contributed by atoms with Crippen LogP contribution in [0.15, 0.2) is 35.5 Å². The van der Waals surface area contributed by atoms with E-state index in [4.69, 9.17) is 4.74 Å². The van der Waals surface area contributed by atoms with E-state index in [9.17, 15) is 9.90 Å². The zero-order valence-electron chi connectivity index (χ0n) is 20.9. The number of halogens is 1. The summed E-state index contributed by atoms with van der Waals surface area (Å²) in [5, 5.41) is 10.2. The minimum atomic E-state index is -0.912. The number of aliphatic hydroxyl groups is 1. The highest BCUT2D eigenvalue weighted by Crippen LogP contribution is 2.59. The maximum absolute atomic E-state index is 11.7. The number of ether oxygens (including phenoxy) is 1. The lowest BCUT2D eigenvalue weighted by Crippen LogP contribution is -2.35. The van der Waals surface area contributed by atoms with Crippen LogP contribution < -0.4 is 0 Å². The monoisotopic (exact) mass is 516 g/mol. The highest BCUT2D eigenvalue weighted by atomic mass is 79.9. The molecular weight excluding hydrogens is 476 g/mol. The molecule has 3 saturated carbocycles. The Labute approximate surface area is 209 Å². The van der Waals surface area contributed by atoms with Gasteiger partial charge in [0.2, 0.25) is 0 Å². The van der Waals surface area contributed by atoms with E-state index >= 15 is 0 Å². The summed E-state index contributed by atoms with van der Waals surface area (Å²) in [6, 6.07) is 0. The van der Waals surface area contributed by atoms with Crippen LogP contribution in [-0.4, -0.2) is 28.1 Å². The molecule has 0 heterocycles. The number of hydrogen-bond donors (Lipinski definition) is 1. The van der Waals surface area contributed by atoms with Gasteiger partial charge in [-0.05, 0) is 87.5 Å². The second-order valence-corrected chi connectivity index (χ2v) is 11.7. The molecule has 3 fully saturated rings. The van der Waals surface area contributed by atoms with Gasteiger partial charge in [-0.15, -0.1) is 5.92 Å². The van der Waals surface area contributed by atoms with Gasteiger partial charge in [-0.25, -0.2) is 0 Å². The molecule has 3 nitrogen and oxygen atoms in total. The maximum Gasteiger partial charge on any atom is 0.316 e. The van der Waals surface area contributed by atoms with Crippen molar-refractivity contribution in [3.05, 3.63) is 35.5 Å². The van der Waals surface area contributed by atoms with Gasteiger partial charge in [0, 0.05) is 12.8 Å². The van der Waals surface area contributed by atoms with Crippen LogP contribution in [0.25, 0.3) is 0 Å². The van der Waals surface area contributed by atoms with E-state index in [1.807, 2.05) is 0 Å². The van der Waals surface area contributed by atoms with Crippen molar-refractivity contribution in [3.8, 4) is 11.8 Å². The van der Waals surface area contributed by atoms with Gasteiger partial charge in [-0.1, -0.05) is 65.6 Å². The quantitative estimate of drug-likeness (QED) is 0.245. The highest BCUT2D eigenvalue weighted by Gasteiger charge is 2.50. The summed E-state index contributed by atoms with van der Waals surface area (Å²) in [4.78, 5) is 11.7. The van der Waals surface area contributed by atoms with Crippen LogP contribution in [0.3, 0.4) is 0 Å². The highest BCUT2D eigenvalue weighted by molar-refractivity contribution is 9.09. The fourth-order valence-electron chi connectivity index (χ4n) is 6.48. The first-order valence-electron chi connectivity index (χ1n) is 12.6. The number of fused-ring (bicyclic) bond motifs is 1. The zero-order chi connectivity index (χ0) is 24.2. The molecule has 0 spiro atoms. The van der Waals surface area contributed by atoms with Crippen molar-refractivity contribution >= 4 is 21.9 Å². The summed E-state index contributed by atoms with van der Waals surface area (Å²) in [7, 11) is 0. The lowest BCUT2D eigenvalue weighted by Gasteiger charge is -2.44. The average molecular weight is 518 g/mol. The molecule has 4 heteroatoms. The van der Waals surface area contributed by atoms with E-state index in [1.54, 1.807) is 19.4 Å².